The number of carbonyl (C=O) groups is 1. The second kappa shape index (κ2) is 10.3. The topological polar surface area (TPSA) is 262 Å². The third kappa shape index (κ3) is 1310. The summed E-state index contributed by atoms with van der Waals surface area (Å²) in [4.78, 5) is 8.56. The van der Waals surface area contributed by atoms with E-state index in [-0.39, 0.29) is 0 Å². The minimum atomic E-state index is -5.38. The predicted molar refractivity (Wildman–Crippen MR) is 18.9 cm³/mol. The maximum absolute atomic E-state index is 8.56. The van der Waals surface area contributed by atoms with Crippen molar-refractivity contribution >= 4 is 6.16 Å². The van der Waals surface area contributed by atoms with Gasteiger partial charge in [0.1, 0.15) is 0 Å². The van der Waals surface area contributed by atoms with Crippen molar-refractivity contribution in [2.45, 2.75) is 0 Å². The molecular formula is CH2Co3O15. The van der Waals surface area contributed by atoms with E-state index >= 15 is 0 Å². The van der Waals surface area contributed by atoms with Crippen molar-refractivity contribution in [1.29, 1.82) is 0 Å². The van der Waals surface area contributed by atoms with Crippen LogP contribution in [0.25, 0.3) is 0 Å². The fourth-order valence-corrected chi connectivity index (χ4v) is 0. The molecule has 0 aromatic carbocycles. The average Bonchev–Trinajstić information content (AvgIpc) is 1.66. The van der Waals surface area contributed by atoms with Crippen LogP contribution in [0.15, 0.2) is 0 Å². The van der Waals surface area contributed by atoms with Crippen LogP contribution in [0.5, 0.6) is 0 Å². The van der Waals surface area contributed by atoms with Crippen LogP contribution in [0.1, 0.15) is 0 Å². The summed E-state index contributed by atoms with van der Waals surface area (Å²) in [5.41, 5.74) is 0. The molecule has 0 radical (unpaired) electrons. The summed E-state index contributed by atoms with van der Waals surface area (Å²) in [6.45, 7) is 0. The molecule has 0 aliphatic carbocycles. The molecule has 0 atom stereocenters. The first kappa shape index (κ1) is 26.1. The first-order valence-electron chi connectivity index (χ1n) is 2.28. The molecule has 0 unspecified atom stereocenters. The molecule has 0 aromatic heterocycles. The van der Waals surface area contributed by atoms with E-state index in [4.69, 9.17) is 61.4 Å². The van der Waals surface area contributed by atoms with Gasteiger partial charge in [-0.25, -0.2) is 4.79 Å². The second-order valence-electron chi connectivity index (χ2n) is 1.28. The van der Waals surface area contributed by atoms with E-state index in [1.165, 1.54) is 0 Å². The van der Waals surface area contributed by atoms with E-state index in [1.54, 1.807) is 0 Å². The molecule has 0 aromatic rings. The molecule has 0 heterocycles. The molecule has 2 N–H and O–H groups in total. The fourth-order valence-electron chi connectivity index (χ4n) is 0. The van der Waals surface area contributed by atoms with Crippen LogP contribution in [0.2, 0.25) is 0 Å². The molecular weight excluding hydrogens is 429 g/mol. The molecule has 0 aliphatic rings. The van der Waals surface area contributed by atoms with Crippen LogP contribution < -0.4 is 0 Å². The molecule has 0 fully saturated rings. The van der Waals surface area contributed by atoms with Gasteiger partial charge in [-0.2, -0.15) is 0 Å². The minimum absolute atomic E-state index is 1.83. The Morgan fingerprint density at radius 2 is 0.474 bits per heavy atom. The number of rotatable bonds is 0. The summed E-state index contributed by atoms with van der Waals surface area (Å²) in [6.07, 6.45) is -1.83. The molecule has 0 aliphatic heterocycles. The molecule has 0 bridgehead atoms. The molecule has 18 heteroatoms. The summed E-state index contributed by atoms with van der Waals surface area (Å²) >= 11 is -16.1. The second-order valence-corrected chi connectivity index (χ2v) is 4.41. The van der Waals surface area contributed by atoms with Crippen LogP contribution in [0, 0.1) is 0 Å². The maximum atomic E-state index is 8.56. The van der Waals surface area contributed by atoms with Gasteiger partial charge in [0.05, 0.1) is 0 Å². The predicted octanol–water partition coefficient (Wildman–Crippen LogP) is -1.21. The zero-order valence-electron chi connectivity index (χ0n) is 7.70. The van der Waals surface area contributed by atoms with E-state index in [0.717, 1.165) is 0 Å². The third-order valence-corrected chi connectivity index (χ3v) is 0. The van der Waals surface area contributed by atoms with Gasteiger partial charge in [-0.05, 0) is 0 Å². The Balaban J connectivity index is -0.0000000793. The van der Waals surface area contributed by atoms with Gasteiger partial charge in [-0.15, -0.1) is 0 Å². The van der Waals surface area contributed by atoms with Gasteiger partial charge in [0.25, 0.3) is 0 Å². The Morgan fingerprint density at radius 3 is 0.474 bits per heavy atom. The summed E-state index contributed by atoms with van der Waals surface area (Å²) in [6, 6.07) is 0. The van der Waals surface area contributed by atoms with E-state index in [2.05, 4.69) is 0 Å². The molecule has 0 saturated heterocycles. The van der Waals surface area contributed by atoms with Crippen LogP contribution >= 0.6 is 0 Å². The molecule has 0 spiro atoms. The number of carboxylic acid groups (broad SMARTS) is 2. The van der Waals surface area contributed by atoms with Crippen molar-refractivity contribution in [2.24, 2.45) is 0 Å². The van der Waals surface area contributed by atoms with Gasteiger partial charge in [0, 0.05) is 0 Å². The van der Waals surface area contributed by atoms with Gasteiger partial charge < -0.3 is 10.2 Å². The Morgan fingerprint density at radius 1 is 0.474 bits per heavy atom. The summed E-state index contributed by atoms with van der Waals surface area (Å²) in [5.74, 6) is 0. The SMILES string of the molecule is O=C(O)O.[O]=[Co](=[O])(=[O])=[O].[O]=[Co](=[O])(=[O])=[O].[O]=[Co](=[O])(=[O])=[O]. The van der Waals surface area contributed by atoms with Crippen LogP contribution in [0.4, 0.5) is 4.79 Å². The van der Waals surface area contributed by atoms with Gasteiger partial charge in [0.2, 0.25) is 0 Å². The Labute approximate surface area is 105 Å². The van der Waals surface area contributed by atoms with Crippen molar-refractivity contribution in [2.75, 3.05) is 0 Å². The molecule has 0 amide bonds. The van der Waals surface area contributed by atoms with Crippen molar-refractivity contribution < 1.29 is 98.4 Å². The van der Waals surface area contributed by atoms with Gasteiger partial charge in [-0.1, -0.05) is 0 Å². The molecule has 0 rings (SSSR count). The van der Waals surface area contributed by atoms with Gasteiger partial charge >= 0.3 is 89.5 Å². The first-order valence-corrected chi connectivity index (χ1v) is 7.38. The van der Waals surface area contributed by atoms with Crippen LogP contribution in [-0.2, 0) is 83.4 Å². The zero-order valence-corrected chi connectivity index (χ0v) is 10.8. The quantitative estimate of drug-likeness (QED) is 0.456. The molecule has 19 heavy (non-hydrogen) atoms. The van der Waals surface area contributed by atoms with Gasteiger partial charge in [-0.3, -0.25) is 0 Å². The summed E-state index contributed by atoms with van der Waals surface area (Å²) < 4.78 is 103. The van der Waals surface area contributed by atoms with Crippen molar-refractivity contribution in [3.05, 3.63) is 0 Å². The number of hydrogen-bond donors (Lipinski definition) is 2. The monoisotopic (exact) mass is 431 g/mol. The van der Waals surface area contributed by atoms with Crippen molar-refractivity contribution in [3.63, 3.8) is 0 Å². The molecule has 123 valence electrons. The fraction of sp³-hybridized carbons (Fsp3) is 0. The third-order valence-electron chi connectivity index (χ3n) is 0. The van der Waals surface area contributed by atoms with Crippen LogP contribution in [0.3, 0.4) is 0 Å². The van der Waals surface area contributed by atoms with E-state index in [0.29, 0.717) is 0 Å². The zero-order chi connectivity index (χ0) is 17.1. The Bertz CT molecular complexity index is 691. The normalized spacial score (nSPS) is 10.1. The van der Waals surface area contributed by atoms with Crippen molar-refractivity contribution in [1.82, 2.24) is 0 Å². The van der Waals surface area contributed by atoms with Crippen LogP contribution in [-0.4, -0.2) is 16.4 Å². The van der Waals surface area contributed by atoms with Gasteiger partial charge in [0.15, 0.2) is 0 Å². The standard InChI is InChI=1S/CH2O3.3Co.12O/c2-1(3)4;;;;;;;;;;;;;;;/h(H2,2,3,4);;;;;;;;;;;;;;;. The summed E-state index contributed by atoms with van der Waals surface area (Å²) in [5, 5.41) is 13.9. The Kier molecular flexibility index (Phi) is 14.2. The van der Waals surface area contributed by atoms with E-state index in [9.17, 15) is 0 Å². The number of hydrogen-bond acceptors (Lipinski definition) is 13. The Hall–Kier alpha value is -1.61. The van der Waals surface area contributed by atoms with Crippen molar-refractivity contribution in [3.8, 4) is 0 Å². The van der Waals surface area contributed by atoms with E-state index in [1.807, 2.05) is 0 Å². The first-order chi connectivity index (χ1) is 7.73. The van der Waals surface area contributed by atoms with E-state index < -0.39 is 43.2 Å². The molecule has 15 nitrogen and oxygen atoms in total. The molecule has 0 saturated carbocycles. The summed E-state index contributed by atoms with van der Waals surface area (Å²) in [7, 11) is 0. The average molecular weight is 431 g/mol.